The van der Waals surface area contributed by atoms with Crippen molar-refractivity contribution in [1.82, 2.24) is 20.7 Å². The molecule has 1 amide bonds. The molecule has 0 spiro atoms. The van der Waals surface area contributed by atoms with Crippen molar-refractivity contribution in [3.63, 3.8) is 0 Å². The van der Waals surface area contributed by atoms with E-state index in [1.54, 1.807) is 0 Å². The van der Waals surface area contributed by atoms with Crippen LogP contribution in [0.25, 0.3) is 0 Å². The van der Waals surface area contributed by atoms with Crippen molar-refractivity contribution in [3.05, 3.63) is 11.9 Å². The fourth-order valence-electron chi connectivity index (χ4n) is 1.46. The molecule has 2 heterocycles. The van der Waals surface area contributed by atoms with Crippen LogP contribution in [0.3, 0.4) is 0 Å². The molecule has 0 aliphatic carbocycles. The molecular weight excluding hydrogens is 264 g/mol. The largest absolute Gasteiger partial charge is 0.379 e. The van der Waals surface area contributed by atoms with Gasteiger partial charge in [0.2, 0.25) is 0 Å². The van der Waals surface area contributed by atoms with Crippen LogP contribution in [0, 0.1) is 0 Å². The van der Waals surface area contributed by atoms with Crippen LogP contribution in [0.15, 0.2) is 6.20 Å². The second kappa shape index (κ2) is 4.28. The molecule has 1 unspecified atom stereocenters. The molecule has 2 N–H and O–H groups in total. The van der Waals surface area contributed by atoms with Gasteiger partial charge in [-0.1, -0.05) is 15.9 Å². The van der Waals surface area contributed by atoms with Gasteiger partial charge in [-0.3, -0.25) is 4.79 Å². The zero-order valence-corrected chi connectivity index (χ0v) is 9.58. The molecule has 15 heavy (non-hydrogen) atoms. The summed E-state index contributed by atoms with van der Waals surface area (Å²) < 4.78 is 5.28. The van der Waals surface area contributed by atoms with Gasteiger partial charge in [0.1, 0.15) is 0 Å². The second-order valence-corrected chi connectivity index (χ2v) is 4.09. The third kappa shape index (κ3) is 2.18. The Hall–Kier alpha value is -0.950. The van der Waals surface area contributed by atoms with E-state index in [1.807, 2.05) is 0 Å². The first-order valence-electron chi connectivity index (χ1n) is 4.58. The van der Waals surface area contributed by atoms with Crippen LogP contribution in [0.1, 0.15) is 16.9 Å². The summed E-state index contributed by atoms with van der Waals surface area (Å²) in [5, 5.41) is 13.3. The van der Waals surface area contributed by atoms with Crippen molar-refractivity contribution in [2.24, 2.45) is 0 Å². The van der Waals surface area contributed by atoms with Gasteiger partial charge in [0.15, 0.2) is 5.69 Å². The molecule has 1 aliphatic heterocycles. The first-order valence-corrected chi connectivity index (χ1v) is 5.70. The number of nitrogens with one attached hydrogen (secondary N) is 2. The highest BCUT2D eigenvalue weighted by molar-refractivity contribution is 9.09. The lowest BCUT2D eigenvalue weighted by atomic mass is 10.0. The number of rotatable bonds is 3. The van der Waals surface area contributed by atoms with Crippen LogP contribution in [-0.2, 0) is 4.74 Å². The van der Waals surface area contributed by atoms with E-state index in [9.17, 15) is 4.79 Å². The Kier molecular flexibility index (Phi) is 3.01. The molecule has 0 bridgehead atoms. The van der Waals surface area contributed by atoms with Gasteiger partial charge in [0.25, 0.3) is 5.91 Å². The predicted octanol–water partition coefficient (Wildman–Crippen LogP) is 0.0885. The number of amides is 1. The van der Waals surface area contributed by atoms with Crippen molar-refractivity contribution >= 4 is 21.8 Å². The van der Waals surface area contributed by atoms with Gasteiger partial charge in [-0.2, -0.15) is 15.4 Å². The first kappa shape index (κ1) is 10.6. The molecule has 0 radical (unpaired) electrons. The third-order valence-electron chi connectivity index (χ3n) is 2.39. The summed E-state index contributed by atoms with van der Waals surface area (Å²) in [4.78, 5) is 11.7. The van der Waals surface area contributed by atoms with Crippen molar-refractivity contribution in [1.29, 1.82) is 0 Å². The van der Waals surface area contributed by atoms with Crippen LogP contribution in [0.4, 0.5) is 0 Å². The number of alkyl halides is 1. The number of aromatic amines is 1. The Morgan fingerprint density at radius 3 is 3.20 bits per heavy atom. The highest BCUT2D eigenvalue weighted by Crippen LogP contribution is 2.21. The quantitative estimate of drug-likeness (QED) is 0.766. The Morgan fingerprint density at radius 2 is 2.67 bits per heavy atom. The molecule has 1 fully saturated rings. The maximum atomic E-state index is 11.7. The van der Waals surface area contributed by atoms with Gasteiger partial charge in [0, 0.05) is 11.9 Å². The topological polar surface area (TPSA) is 79.9 Å². The first-order chi connectivity index (χ1) is 7.26. The number of hydrogen-bond donors (Lipinski definition) is 2. The number of halogens is 1. The van der Waals surface area contributed by atoms with Gasteiger partial charge < -0.3 is 10.1 Å². The standard InChI is InChI=1S/C8H11BrN4O2/c9-4-8(1-2-15-5-8)11-7(14)6-3-10-13-12-6/h3H,1-2,4-5H2,(H,11,14)(H,10,12,13). The average molecular weight is 275 g/mol. The van der Waals surface area contributed by atoms with Crippen molar-refractivity contribution in [2.45, 2.75) is 12.0 Å². The van der Waals surface area contributed by atoms with Crippen molar-refractivity contribution in [3.8, 4) is 0 Å². The summed E-state index contributed by atoms with van der Waals surface area (Å²) in [6.07, 6.45) is 2.20. The zero-order chi connectivity index (χ0) is 10.7. The minimum absolute atomic E-state index is 0.228. The monoisotopic (exact) mass is 274 g/mol. The number of ether oxygens (including phenoxy) is 1. The fourth-order valence-corrected chi connectivity index (χ4v) is 2.04. The second-order valence-electron chi connectivity index (χ2n) is 3.53. The highest BCUT2D eigenvalue weighted by atomic mass is 79.9. The number of nitrogens with zero attached hydrogens (tertiary/aromatic N) is 2. The van der Waals surface area contributed by atoms with Crippen LogP contribution in [0.2, 0.25) is 0 Å². The zero-order valence-electron chi connectivity index (χ0n) is 7.99. The molecule has 0 saturated carbocycles. The number of carbonyl (C=O) groups excluding carboxylic acids is 1. The maximum Gasteiger partial charge on any atom is 0.273 e. The summed E-state index contributed by atoms with van der Waals surface area (Å²) >= 11 is 3.39. The minimum atomic E-state index is -0.309. The SMILES string of the molecule is O=C(NC1(CBr)CCOC1)c1cn[nH]n1. The maximum absolute atomic E-state index is 11.7. The van der Waals surface area contributed by atoms with E-state index in [1.165, 1.54) is 6.20 Å². The van der Waals surface area contributed by atoms with E-state index in [2.05, 4.69) is 36.7 Å². The van der Waals surface area contributed by atoms with Gasteiger partial charge in [0.05, 0.1) is 18.3 Å². The Labute approximate surface area is 94.9 Å². The lowest BCUT2D eigenvalue weighted by molar-refractivity contribution is 0.0888. The highest BCUT2D eigenvalue weighted by Gasteiger charge is 2.35. The minimum Gasteiger partial charge on any atom is -0.379 e. The lowest BCUT2D eigenvalue weighted by Crippen LogP contribution is -2.50. The summed E-state index contributed by atoms with van der Waals surface area (Å²) in [6.45, 7) is 1.20. The third-order valence-corrected chi connectivity index (χ3v) is 3.46. The molecule has 1 aliphatic rings. The Morgan fingerprint density at radius 1 is 1.80 bits per heavy atom. The molecule has 2 rings (SSSR count). The van der Waals surface area contributed by atoms with Gasteiger partial charge in [-0.25, -0.2) is 0 Å². The van der Waals surface area contributed by atoms with E-state index in [4.69, 9.17) is 4.74 Å². The number of H-pyrrole nitrogens is 1. The normalized spacial score (nSPS) is 25.4. The van der Waals surface area contributed by atoms with E-state index in [-0.39, 0.29) is 11.4 Å². The molecule has 1 aromatic heterocycles. The van der Waals surface area contributed by atoms with E-state index in [0.717, 1.165) is 6.42 Å². The number of carbonyl (C=O) groups is 1. The lowest BCUT2D eigenvalue weighted by Gasteiger charge is -2.25. The Balaban J connectivity index is 2.04. The summed E-state index contributed by atoms with van der Waals surface area (Å²) in [5.74, 6) is -0.228. The molecule has 1 atom stereocenters. The van der Waals surface area contributed by atoms with E-state index >= 15 is 0 Å². The fraction of sp³-hybridized carbons (Fsp3) is 0.625. The summed E-state index contributed by atoms with van der Waals surface area (Å²) in [6, 6.07) is 0. The van der Waals surface area contributed by atoms with E-state index < -0.39 is 0 Å². The molecule has 1 aromatic rings. The summed E-state index contributed by atoms with van der Waals surface area (Å²) in [7, 11) is 0. The van der Waals surface area contributed by atoms with Crippen molar-refractivity contribution in [2.75, 3.05) is 18.5 Å². The molecule has 6 nitrogen and oxygen atoms in total. The van der Waals surface area contributed by atoms with Crippen LogP contribution in [-0.4, -0.2) is 45.4 Å². The smallest absolute Gasteiger partial charge is 0.273 e. The molecule has 82 valence electrons. The molecule has 1 saturated heterocycles. The van der Waals surface area contributed by atoms with Crippen molar-refractivity contribution < 1.29 is 9.53 Å². The van der Waals surface area contributed by atoms with Gasteiger partial charge in [-0.15, -0.1) is 0 Å². The van der Waals surface area contributed by atoms with Gasteiger partial charge >= 0.3 is 0 Å². The molecule has 0 aromatic carbocycles. The van der Waals surface area contributed by atoms with Crippen LogP contribution >= 0.6 is 15.9 Å². The summed E-state index contributed by atoms with van der Waals surface area (Å²) in [5.41, 5.74) is -0.0158. The van der Waals surface area contributed by atoms with E-state index in [0.29, 0.717) is 24.2 Å². The van der Waals surface area contributed by atoms with Gasteiger partial charge in [-0.05, 0) is 6.42 Å². The molecular formula is C8H11BrN4O2. The predicted molar refractivity (Wildman–Crippen MR) is 55.8 cm³/mol. The van der Waals surface area contributed by atoms with Crippen LogP contribution in [0.5, 0.6) is 0 Å². The average Bonchev–Trinajstić information content (AvgIpc) is 2.88. The number of aromatic nitrogens is 3. The number of hydrogen-bond acceptors (Lipinski definition) is 4. The van der Waals surface area contributed by atoms with Crippen LogP contribution < -0.4 is 5.32 Å². The Bertz CT molecular complexity index is 334. The molecule has 7 heteroatoms.